The Morgan fingerprint density at radius 3 is 2.46 bits per heavy atom. The first-order valence-electron chi connectivity index (χ1n) is 9.78. The fourth-order valence-electron chi connectivity index (χ4n) is 4.73. The molecule has 0 N–H and O–H groups in total. The Balaban J connectivity index is 1.37. The number of rotatable bonds is 2. The number of hydrogen-bond donors (Lipinski definition) is 0. The van der Waals surface area contributed by atoms with Gasteiger partial charge in [-0.15, -0.1) is 0 Å². The van der Waals surface area contributed by atoms with Crippen LogP contribution in [0.3, 0.4) is 0 Å². The third-order valence-corrected chi connectivity index (χ3v) is 6.11. The van der Waals surface area contributed by atoms with Crippen molar-refractivity contribution < 1.29 is 9.53 Å². The third kappa shape index (κ3) is 2.34. The van der Waals surface area contributed by atoms with Crippen LogP contribution in [0.5, 0.6) is 5.75 Å². The number of carbonyl (C=O) groups excluding carboxylic acids is 1. The molecular weight excluding hydrogens is 348 g/mol. The molecule has 2 aliphatic rings. The molecule has 0 amide bonds. The normalized spacial score (nSPS) is 19.9. The van der Waals surface area contributed by atoms with Gasteiger partial charge >= 0.3 is 5.97 Å². The standard InChI is InChI=1S/C24H18N2O2/c27-24(28-21-7-3-5-14-4-1-2-6-18(14)21)17-10-11-19-20(13-17)26-23-16-9-8-15(12-16)22(23)25-19/h1-7,10-11,13,15-16H,8-9,12H2. The predicted octanol–water partition coefficient (Wildman–Crippen LogP) is 5.37. The van der Waals surface area contributed by atoms with Crippen LogP contribution in [0, 0.1) is 0 Å². The zero-order valence-corrected chi connectivity index (χ0v) is 15.3. The van der Waals surface area contributed by atoms with Crippen LogP contribution >= 0.6 is 0 Å². The SMILES string of the molecule is O=C(Oc1cccc2ccccc12)c1ccc2nc3c(nc2c1)C1CCC3C1. The van der Waals surface area contributed by atoms with E-state index in [4.69, 9.17) is 14.7 Å². The van der Waals surface area contributed by atoms with Crippen LogP contribution in [0.15, 0.2) is 60.7 Å². The summed E-state index contributed by atoms with van der Waals surface area (Å²) in [5, 5.41) is 1.97. The quantitative estimate of drug-likeness (QED) is 0.354. The number of esters is 1. The summed E-state index contributed by atoms with van der Waals surface area (Å²) in [6.07, 6.45) is 3.62. The lowest BCUT2D eigenvalue weighted by Crippen LogP contribution is -2.10. The summed E-state index contributed by atoms with van der Waals surface area (Å²) in [5.41, 5.74) is 4.45. The van der Waals surface area contributed by atoms with Gasteiger partial charge in [-0.05, 0) is 48.9 Å². The molecule has 2 atom stereocenters. The number of benzene rings is 3. The minimum Gasteiger partial charge on any atom is -0.422 e. The molecule has 4 aromatic rings. The monoisotopic (exact) mass is 366 g/mol. The minimum atomic E-state index is -0.373. The highest BCUT2D eigenvalue weighted by Gasteiger charge is 2.39. The van der Waals surface area contributed by atoms with Crippen molar-refractivity contribution in [2.24, 2.45) is 0 Å². The topological polar surface area (TPSA) is 52.1 Å². The van der Waals surface area contributed by atoms with E-state index in [0.717, 1.165) is 27.5 Å². The molecule has 28 heavy (non-hydrogen) atoms. The fourth-order valence-corrected chi connectivity index (χ4v) is 4.73. The first-order valence-corrected chi connectivity index (χ1v) is 9.78. The molecule has 0 saturated heterocycles. The van der Waals surface area contributed by atoms with E-state index >= 15 is 0 Å². The van der Waals surface area contributed by atoms with Gasteiger partial charge in [-0.2, -0.15) is 0 Å². The molecule has 1 fully saturated rings. The van der Waals surface area contributed by atoms with Crippen molar-refractivity contribution in [1.82, 2.24) is 9.97 Å². The largest absolute Gasteiger partial charge is 0.422 e. The molecule has 1 saturated carbocycles. The average molecular weight is 366 g/mol. The molecule has 136 valence electrons. The molecule has 2 unspecified atom stereocenters. The van der Waals surface area contributed by atoms with E-state index < -0.39 is 0 Å². The summed E-state index contributed by atoms with van der Waals surface area (Å²) in [7, 11) is 0. The summed E-state index contributed by atoms with van der Waals surface area (Å²) in [4.78, 5) is 22.5. The van der Waals surface area contributed by atoms with Crippen molar-refractivity contribution in [3.63, 3.8) is 0 Å². The van der Waals surface area contributed by atoms with Gasteiger partial charge in [-0.25, -0.2) is 14.8 Å². The summed E-state index contributed by atoms with van der Waals surface area (Å²) in [6, 6.07) is 19.1. The number of ether oxygens (including phenoxy) is 1. The Morgan fingerprint density at radius 1 is 0.857 bits per heavy atom. The second-order valence-corrected chi connectivity index (χ2v) is 7.77. The Hall–Kier alpha value is -3.27. The molecule has 2 bridgehead atoms. The zero-order valence-electron chi connectivity index (χ0n) is 15.3. The van der Waals surface area contributed by atoms with Gasteiger partial charge in [0.25, 0.3) is 0 Å². The molecule has 1 aromatic heterocycles. The van der Waals surface area contributed by atoms with Crippen LogP contribution in [0.2, 0.25) is 0 Å². The van der Waals surface area contributed by atoms with Gasteiger partial charge in [0, 0.05) is 17.2 Å². The highest BCUT2D eigenvalue weighted by molar-refractivity contribution is 5.97. The predicted molar refractivity (Wildman–Crippen MR) is 108 cm³/mol. The smallest absolute Gasteiger partial charge is 0.343 e. The van der Waals surface area contributed by atoms with E-state index in [1.54, 1.807) is 6.07 Å². The third-order valence-electron chi connectivity index (χ3n) is 6.11. The molecule has 0 spiro atoms. The maximum absolute atomic E-state index is 12.8. The average Bonchev–Trinajstić information content (AvgIpc) is 3.34. The van der Waals surface area contributed by atoms with Crippen LogP contribution < -0.4 is 4.74 Å². The Labute approximate surface area is 162 Å². The van der Waals surface area contributed by atoms with Crippen molar-refractivity contribution in [3.8, 4) is 5.75 Å². The summed E-state index contributed by atoms with van der Waals surface area (Å²) in [6.45, 7) is 0. The van der Waals surface area contributed by atoms with E-state index in [1.165, 1.54) is 25.0 Å². The lowest BCUT2D eigenvalue weighted by atomic mass is 10.00. The Bertz CT molecular complexity index is 1260. The molecule has 2 aliphatic carbocycles. The molecule has 6 rings (SSSR count). The fraction of sp³-hybridized carbons (Fsp3) is 0.208. The first kappa shape index (κ1) is 15.8. The summed E-state index contributed by atoms with van der Waals surface area (Å²) in [5.74, 6) is 1.32. The zero-order chi connectivity index (χ0) is 18.7. The Kier molecular flexibility index (Phi) is 3.30. The van der Waals surface area contributed by atoms with E-state index in [9.17, 15) is 4.79 Å². The molecule has 0 radical (unpaired) electrons. The number of nitrogens with zero attached hydrogens (tertiary/aromatic N) is 2. The lowest BCUT2D eigenvalue weighted by Gasteiger charge is -2.14. The van der Waals surface area contributed by atoms with Crippen molar-refractivity contribution in [2.45, 2.75) is 31.1 Å². The number of fused-ring (bicyclic) bond motifs is 7. The number of carbonyl (C=O) groups is 1. The highest BCUT2D eigenvalue weighted by Crippen LogP contribution is 2.51. The van der Waals surface area contributed by atoms with Gasteiger partial charge in [0.15, 0.2) is 0 Å². The van der Waals surface area contributed by atoms with Gasteiger partial charge in [0.05, 0.1) is 28.0 Å². The first-order chi connectivity index (χ1) is 13.8. The van der Waals surface area contributed by atoms with Crippen molar-refractivity contribution >= 4 is 27.8 Å². The van der Waals surface area contributed by atoms with Crippen LogP contribution in [0.4, 0.5) is 0 Å². The van der Waals surface area contributed by atoms with Crippen LogP contribution in [-0.2, 0) is 0 Å². The minimum absolute atomic E-state index is 0.373. The maximum atomic E-state index is 12.8. The molecule has 1 heterocycles. The van der Waals surface area contributed by atoms with Gasteiger partial charge in [0.1, 0.15) is 5.75 Å². The second-order valence-electron chi connectivity index (χ2n) is 7.77. The molecule has 4 heteroatoms. The number of aromatic nitrogens is 2. The van der Waals surface area contributed by atoms with Crippen molar-refractivity contribution in [2.75, 3.05) is 0 Å². The summed E-state index contributed by atoms with van der Waals surface area (Å²) >= 11 is 0. The van der Waals surface area contributed by atoms with Gasteiger partial charge in [-0.3, -0.25) is 0 Å². The van der Waals surface area contributed by atoms with E-state index in [1.807, 2.05) is 54.6 Å². The van der Waals surface area contributed by atoms with Crippen molar-refractivity contribution in [1.29, 1.82) is 0 Å². The van der Waals surface area contributed by atoms with Crippen LogP contribution in [0.1, 0.15) is 52.8 Å². The van der Waals surface area contributed by atoms with Gasteiger partial charge < -0.3 is 4.74 Å². The highest BCUT2D eigenvalue weighted by atomic mass is 16.5. The molecule has 0 aliphatic heterocycles. The molecular formula is C24H18N2O2. The van der Waals surface area contributed by atoms with Crippen LogP contribution in [0.25, 0.3) is 21.8 Å². The molecule has 4 nitrogen and oxygen atoms in total. The Morgan fingerprint density at radius 2 is 1.61 bits per heavy atom. The van der Waals surface area contributed by atoms with E-state index in [-0.39, 0.29) is 5.97 Å². The summed E-state index contributed by atoms with van der Waals surface area (Å²) < 4.78 is 5.72. The van der Waals surface area contributed by atoms with E-state index in [0.29, 0.717) is 23.1 Å². The van der Waals surface area contributed by atoms with Gasteiger partial charge in [0.2, 0.25) is 0 Å². The lowest BCUT2D eigenvalue weighted by molar-refractivity contribution is 0.0737. The van der Waals surface area contributed by atoms with Crippen LogP contribution in [-0.4, -0.2) is 15.9 Å². The maximum Gasteiger partial charge on any atom is 0.343 e. The van der Waals surface area contributed by atoms with Gasteiger partial charge in [-0.1, -0.05) is 36.4 Å². The number of hydrogen-bond acceptors (Lipinski definition) is 4. The second kappa shape index (κ2) is 5.86. The van der Waals surface area contributed by atoms with E-state index in [2.05, 4.69) is 0 Å². The molecule has 3 aromatic carbocycles. The van der Waals surface area contributed by atoms with Crippen molar-refractivity contribution in [3.05, 3.63) is 77.6 Å².